The number of ether oxygens (including phenoxy) is 1. The zero-order chi connectivity index (χ0) is 16.4. The van der Waals surface area contributed by atoms with E-state index in [0.717, 1.165) is 44.5 Å². The second kappa shape index (κ2) is 6.86. The van der Waals surface area contributed by atoms with E-state index in [1.54, 1.807) is 11.8 Å². The molecular formula is C19H28N2OS. The van der Waals surface area contributed by atoms with Crippen molar-refractivity contribution in [1.29, 1.82) is 0 Å². The quantitative estimate of drug-likeness (QED) is 0.731. The van der Waals surface area contributed by atoms with Crippen molar-refractivity contribution in [2.24, 2.45) is 5.92 Å². The van der Waals surface area contributed by atoms with Crippen LogP contribution in [-0.4, -0.2) is 29.0 Å². The van der Waals surface area contributed by atoms with Gasteiger partial charge in [0.25, 0.3) is 0 Å². The van der Waals surface area contributed by atoms with Gasteiger partial charge in [-0.25, -0.2) is 4.98 Å². The number of fused-ring (bicyclic) bond motifs is 1. The maximum absolute atomic E-state index is 5.53. The summed E-state index contributed by atoms with van der Waals surface area (Å²) in [6.07, 6.45) is 5.54. The molecule has 0 N–H and O–H groups in total. The van der Waals surface area contributed by atoms with E-state index in [2.05, 4.69) is 49.8 Å². The summed E-state index contributed by atoms with van der Waals surface area (Å²) in [4.78, 5) is 6.33. The SMILES string of the molecule is CCC(C)(C)c1nc2cc(SC)ccc2n1CC1CCOCC1. The van der Waals surface area contributed by atoms with E-state index >= 15 is 0 Å². The van der Waals surface area contributed by atoms with Crippen LogP contribution in [0.3, 0.4) is 0 Å². The topological polar surface area (TPSA) is 27.1 Å². The van der Waals surface area contributed by atoms with Crippen LogP contribution >= 0.6 is 11.8 Å². The normalized spacial score (nSPS) is 17.0. The van der Waals surface area contributed by atoms with Crippen LogP contribution in [0.25, 0.3) is 11.0 Å². The Balaban J connectivity index is 2.05. The second-order valence-electron chi connectivity index (χ2n) is 7.19. The monoisotopic (exact) mass is 332 g/mol. The van der Waals surface area contributed by atoms with Crippen molar-refractivity contribution in [2.45, 2.75) is 56.9 Å². The molecule has 0 saturated carbocycles. The number of rotatable bonds is 5. The number of hydrogen-bond acceptors (Lipinski definition) is 3. The molecule has 0 radical (unpaired) electrons. The van der Waals surface area contributed by atoms with Crippen LogP contribution < -0.4 is 0 Å². The molecule has 0 spiro atoms. The van der Waals surface area contributed by atoms with Crippen LogP contribution in [0.5, 0.6) is 0 Å². The first kappa shape index (κ1) is 16.8. The fraction of sp³-hybridized carbons (Fsp3) is 0.632. The highest BCUT2D eigenvalue weighted by atomic mass is 32.2. The number of imidazole rings is 1. The van der Waals surface area contributed by atoms with Crippen LogP contribution in [-0.2, 0) is 16.7 Å². The van der Waals surface area contributed by atoms with Crippen molar-refractivity contribution in [2.75, 3.05) is 19.5 Å². The van der Waals surface area contributed by atoms with Crippen LogP contribution in [0.2, 0.25) is 0 Å². The second-order valence-corrected chi connectivity index (χ2v) is 8.07. The third kappa shape index (κ3) is 3.43. The molecule has 2 heterocycles. The van der Waals surface area contributed by atoms with E-state index in [4.69, 9.17) is 9.72 Å². The summed E-state index contributed by atoms with van der Waals surface area (Å²) in [6, 6.07) is 6.70. The Hall–Kier alpha value is -1.00. The molecule has 3 rings (SSSR count). The average molecular weight is 333 g/mol. The third-order valence-electron chi connectivity index (χ3n) is 5.23. The Morgan fingerprint density at radius 2 is 2.04 bits per heavy atom. The Morgan fingerprint density at radius 1 is 1.30 bits per heavy atom. The maximum atomic E-state index is 5.53. The van der Waals surface area contributed by atoms with Crippen LogP contribution in [0.1, 0.15) is 45.9 Å². The molecule has 1 saturated heterocycles. The molecule has 1 aromatic carbocycles. The molecule has 1 aliphatic heterocycles. The van der Waals surface area contributed by atoms with Crippen LogP contribution in [0.15, 0.2) is 23.1 Å². The first-order valence-electron chi connectivity index (χ1n) is 8.67. The Kier molecular flexibility index (Phi) is 5.02. The standard InChI is InChI=1S/C19H28N2OS/c1-5-19(2,3)18-20-16-12-15(23-4)6-7-17(16)21(18)13-14-8-10-22-11-9-14/h6-7,12,14H,5,8-11,13H2,1-4H3. The van der Waals surface area contributed by atoms with Gasteiger partial charge in [-0.3, -0.25) is 0 Å². The first-order valence-corrected chi connectivity index (χ1v) is 9.90. The molecule has 3 nitrogen and oxygen atoms in total. The third-order valence-corrected chi connectivity index (χ3v) is 5.95. The van der Waals surface area contributed by atoms with Gasteiger partial charge in [-0.1, -0.05) is 20.8 Å². The minimum atomic E-state index is 0.101. The molecule has 0 unspecified atom stereocenters. The van der Waals surface area contributed by atoms with Crippen molar-refractivity contribution in [3.63, 3.8) is 0 Å². The lowest BCUT2D eigenvalue weighted by atomic mass is 9.89. The Morgan fingerprint density at radius 3 is 2.70 bits per heavy atom. The molecule has 23 heavy (non-hydrogen) atoms. The van der Waals surface area contributed by atoms with Gasteiger partial charge in [0.2, 0.25) is 0 Å². The highest BCUT2D eigenvalue weighted by molar-refractivity contribution is 7.98. The predicted molar refractivity (Wildman–Crippen MR) is 98.4 cm³/mol. The molecule has 2 aromatic rings. The number of aromatic nitrogens is 2. The van der Waals surface area contributed by atoms with E-state index in [9.17, 15) is 0 Å². The summed E-state index contributed by atoms with van der Waals surface area (Å²) < 4.78 is 8.01. The molecule has 4 heteroatoms. The lowest BCUT2D eigenvalue weighted by molar-refractivity contribution is 0.0611. The summed E-state index contributed by atoms with van der Waals surface area (Å²) in [5.41, 5.74) is 2.52. The van der Waals surface area contributed by atoms with E-state index in [1.165, 1.54) is 16.2 Å². The minimum absolute atomic E-state index is 0.101. The lowest BCUT2D eigenvalue weighted by Crippen LogP contribution is -2.26. The smallest absolute Gasteiger partial charge is 0.115 e. The van der Waals surface area contributed by atoms with Crippen molar-refractivity contribution >= 4 is 22.8 Å². The minimum Gasteiger partial charge on any atom is -0.381 e. The molecular weight excluding hydrogens is 304 g/mol. The van der Waals surface area contributed by atoms with Crippen LogP contribution in [0, 0.1) is 5.92 Å². The van der Waals surface area contributed by atoms with Gasteiger partial charge in [-0.2, -0.15) is 0 Å². The molecule has 0 aliphatic carbocycles. The summed E-state index contributed by atoms with van der Waals surface area (Å²) in [7, 11) is 0. The van der Waals surface area contributed by atoms with Crippen molar-refractivity contribution in [3.05, 3.63) is 24.0 Å². The van der Waals surface area contributed by atoms with Gasteiger partial charge in [-0.15, -0.1) is 11.8 Å². The van der Waals surface area contributed by atoms with Gasteiger partial charge < -0.3 is 9.30 Å². The van der Waals surface area contributed by atoms with E-state index < -0.39 is 0 Å². The Labute approximate surface area is 143 Å². The molecule has 0 amide bonds. The molecule has 126 valence electrons. The summed E-state index contributed by atoms with van der Waals surface area (Å²) in [6.45, 7) is 9.75. The van der Waals surface area contributed by atoms with Gasteiger partial charge in [0.15, 0.2) is 0 Å². The van der Waals surface area contributed by atoms with Crippen LogP contribution in [0.4, 0.5) is 0 Å². The lowest BCUT2D eigenvalue weighted by Gasteiger charge is -2.28. The van der Waals surface area contributed by atoms with Gasteiger partial charge in [0.05, 0.1) is 11.0 Å². The summed E-state index contributed by atoms with van der Waals surface area (Å²) >= 11 is 1.78. The molecule has 1 aromatic heterocycles. The number of hydrogen-bond donors (Lipinski definition) is 0. The number of thioether (sulfide) groups is 1. The highest BCUT2D eigenvalue weighted by Gasteiger charge is 2.27. The summed E-state index contributed by atoms with van der Waals surface area (Å²) in [5.74, 6) is 1.94. The molecule has 1 aliphatic rings. The molecule has 0 atom stereocenters. The van der Waals surface area contributed by atoms with Gasteiger partial charge in [0.1, 0.15) is 5.82 Å². The van der Waals surface area contributed by atoms with Gasteiger partial charge in [0, 0.05) is 30.1 Å². The van der Waals surface area contributed by atoms with E-state index in [-0.39, 0.29) is 5.41 Å². The van der Waals surface area contributed by atoms with Crippen molar-refractivity contribution in [3.8, 4) is 0 Å². The highest BCUT2D eigenvalue weighted by Crippen LogP contribution is 2.32. The Bertz CT molecular complexity index is 671. The van der Waals surface area contributed by atoms with Gasteiger partial charge >= 0.3 is 0 Å². The molecule has 0 bridgehead atoms. The largest absolute Gasteiger partial charge is 0.381 e. The predicted octanol–water partition coefficient (Wildman–Crippen LogP) is 4.87. The molecule has 1 fully saturated rings. The zero-order valence-electron chi connectivity index (χ0n) is 14.8. The van der Waals surface area contributed by atoms with E-state index in [1.807, 2.05) is 0 Å². The first-order chi connectivity index (χ1) is 11.0. The van der Waals surface area contributed by atoms with Gasteiger partial charge in [-0.05, 0) is 49.6 Å². The number of nitrogens with zero attached hydrogens (tertiary/aromatic N) is 2. The van der Waals surface area contributed by atoms with Crippen molar-refractivity contribution in [1.82, 2.24) is 9.55 Å². The number of benzene rings is 1. The van der Waals surface area contributed by atoms with Crippen molar-refractivity contribution < 1.29 is 4.74 Å². The summed E-state index contributed by atoms with van der Waals surface area (Å²) in [5, 5.41) is 0. The maximum Gasteiger partial charge on any atom is 0.115 e. The average Bonchev–Trinajstić information content (AvgIpc) is 2.94. The van der Waals surface area contributed by atoms with E-state index in [0.29, 0.717) is 5.92 Å². The fourth-order valence-corrected chi connectivity index (χ4v) is 3.72. The zero-order valence-corrected chi connectivity index (χ0v) is 15.6. The fourth-order valence-electron chi connectivity index (χ4n) is 3.28.